The monoisotopic (exact) mass is 198 g/mol. The van der Waals surface area contributed by atoms with Gasteiger partial charge in [0.05, 0.1) is 0 Å². The summed E-state index contributed by atoms with van der Waals surface area (Å²) in [6, 6.07) is 0. The lowest BCUT2D eigenvalue weighted by Gasteiger charge is -2.06. The standard InChI is InChI=1S/C9H11Br/c10-7-8-3-1-4-9(7,8)6-2-5-8/h1,3,7H,2,4-6H2. The van der Waals surface area contributed by atoms with E-state index in [0.29, 0.717) is 10.8 Å². The fraction of sp³-hybridized carbons (Fsp3) is 0.778. The largest absolute Gasteiger partial charge is 0.0874 e. The Hall–Kier alpha value is 0.220. The van der Waals surface area contributed by atoms with Crippen LogP contribution in [0.2, 0.25) is 0 Å². The van der Waals surface area contributed by atoms with Crippen molar-refractivity contribution < 1.29 is 0 Å². The molecule has 2 saturated carbocycles. The smallest absolute Gasteiger partial charge is 0.0310 e. The van der Waals surface area contributed by atoms with Crippen molar-refractivity contribution in [3.63, 3.8) is 0 Å². The van der Waals surface area contributed by atoms with Crippen molar-refractivity contribution in [2.45, 2.75) is 30.5 Å². The highest BCUT2D eigenvalue weighted by atomic mass is 79.9. The quantitative estimate of drug-likeness (QED) is 0.415. The Morgan fingerprint density at radius 1 is 1.40 bits per heavy atom. The summed E-state index contributed by atoms with van der Waals surface area (Å²) in [6.45, 7) is 0. The second-order valence-electron chi connectivity index (χ2n) is 4.02. The SMILES string of the molecule is BrC1C23C=CCC12CCC3. The van der Waals surface area contributed by atoms with Gasteiger partial charge in [0.1, 0.15) is 0 Å². The van der Waals surface area contributed by atoms with Crippen LogP contribution in [0.1, 0.15) is 25.7 Å². The minimum atomic E-state index is 0.646. The van der Waals surface area contributed by atoms with Crippen LogP contribution in [0.15, 0.2) is 12.2 Å². The molecule has 0 amide bonds. The van der Waals surface area contributed by atoms with Gasteiger partial charge in [-0.15, -0.1) is 0 Å². The molecule has 0 spiro atoms. The van der Waals surface area contributed by atoms with Gasteiger partial charge in [0.25, 0.3) is 0 Å². The fourth-order valence-electron chi connectivity index (χ4n) is 3.28. The number of alkyl halides is 1. The Morgan fingerprint density at radius 3 is 3.00 bits per heavy atom. The Bertz CT molecular complexity index is 221. The van der Waals surface area contributed by atoms with Gasteiger partial charge in [0.2, 0.25) is 0 Å². The van der Waals surface area contributed by atoms with Gasteiger partial charge in [-0.1, -0.05) is 34.5 Å². The van der Waals surface area contributed by atoms with Crippen molar-refractivity contribution in [3.8, 4) is 0 Å². The van der Waals surface area contributed by atoms with Crippen LogP contribution in [0.4, 0.5) is 0 Å². The van der Waals surface area contributed by atoms with Gasteiger partial charge >= 0.3 is 0 Å². The fourth-order valence-corrected chi connectivity index (χ4v) is 4.82. The predicted molar refractivity (Wildman–Crippen MR) is 45.2 cm³/mol. The Morgan fingerprint density at radius 2 is 2.30 bits per heavy atom. The molecular weight excluding hydrogens is 188 g/mol. The summed E-state index contributed by atoms with van der Waals surface area (Å²) >= 11 is 3.80. The molecule has 0 aromatic carbocycles. The maximum Gasteiger partial charge on any atom is 0.0310 e. The molecular formula is C9H11Br. The summed E-state index contributed by atoms with van der Waals surface area (Å²) < 4.78 is 0. The van der Waals surface area contributed by atoms with Crippen molar-refractivity contribution in [3.05, 3.63) is 12.2 Å². The highest BCUT2D eigenvalue weighted by molar-refractivity contribution is 9.09. The highest BCUT2D eigenvalue weighted by Crippen LogP contribution is 2.81. The van der Waals surface area contributed by atoms with E-state index in [9.17, 15) is 0 Å². The molecule has 0 saturated heterocycles. The van der Waals surface area contributed by atoms with E-state index in [-0.39, 0.29) is 0 Å². The summed E-state index contributed by atoms with van der Waals surface area (Å²) in [7, 11) is 0. The van der Waals surface area contributed by atoms with Crippen LogP contribution >= 0.6 is 15.9 Å². The summed E-state index contributed by atoms with van der Waals surface area (Å²) in [4.78, 5) is 0.839. The lowest BCUT2D eigenvalue weighted by Crippen LogP contribution is -1.98. The summed E-state index contributed by atoms with van der Waals surface area (Å²) in [6.07, 6.45) is 10.6. The number of hydrogen-bond donors (Lipinski definition) is 0. The Labute approximate surface area is 69.8 Å². The lowest BCUT2D eigenvalue weighted by molar-refractivity contribution is 0.483. The number of rotatable bonds is 0. The third-order valence-electron chi connectivity index (χ3n) is 3.89. The van der Waals surface area contributed by atoms with Gasteiger partial charge in [-0.3, -0.25) is 0 Å². The van der Waals surface area contributed by atoms with Crippen LogP contribution in [0.5, 0.6) is 0 Å². The normalized spacial score (nSPS) is 62.3. The van der Waals surface area contributed by atoms with Crippen molar-refractivity contribution in [2.75, 3.05) is 0 Å². The molecule has 54 valence electrons. The van der Waals surface area contributed by atoms with E-state index >= 15 is 0 Å². The van der Waals surface area contributed by atoms with E-state index in [1.165, 1.54) is 25.7 Å². The molecule has 0 aliphatic heterocycles. The molecule has 0 N–H and O–H groups in total. The van der Waals surface area contributed by atoms with E-state index in [1.807, 2.05) is 0 Å². The Kier molecular flexibility index (Phi) is 0.805. The average Bonchev–Trinajstić information content (AvgIpc) is 2.31. The van der Waals surface area contributed by atoms with Crippen molar-refractivity contribution >= 4 is 15.9 Å². The zero-order valence-electron chi connectivity index (χ0n) is 5.94. The molecule has 0 radical (unpaired) electrons. The summed E-state index contributed by atoms with van der Waals surface area (Å²) in [5, 5.41) is 0. The summed E-state index contributed by atoms with van der Waals surface area (Å²) in [5.74, 6) is 0. The van der Waals surface area contributed by atoms with E-state index < -0.39 is 0 Å². The minimum Gasteiger partial charge on any atom is -0.0874 e. The molecule has 2 fully saturated rings. The first-order valence-electron chi connectivity index (χ1n) is 4.14. The van der Waals surface area contributed by atoms with Gasteiger partial charge in [0.15, 0.2) is 0 Å². The number of hydrogen-bond acceptors (Lipinski definition) is 0. The molecule has 0 aromatic heterocycles. The molecule has 3 rings (SSSR count). The Balaban J connectivity index is 2.12. The average molecular weight is 199 g/mol. The minimum absolute atomic E-state index is 0.646. The summed E-state index contributed by atoms with van der Waals surface area (Å²) in [5.41, 5.74) is 1.36. The van der Waals surface area contributed by atoms with Gasteiger partial charge in [0, 0.05) is 10.2 Å². The van der Waals surface area contributed by atoms with E-state index in [0.717, 1.165) is 4.83 Å². The third kappa shape index (κ3) is 0.345. The van der Waals surface area contributed by atoms with Gasteiger partial charge in [-0.2, -0.15) is 0 Å². The molecule has 0 bridgehead atoms. The molecule has 0 aromatic rings. The topological polar surface area (TPSA) is 0 Å². The van der Waals surface area contributed by atoms with Crippen LogP contribution in [0, 0.1) is 10.8 Å². The predicted octanol–water partition coefficient (Wildman–Crippen LogP) is 2.88. The zero-order valence-corrected chi connectivity index (χ0v) is 7.52. The van der Waals surface area contributed by atoms with Crippen LogP contribution in [0.3, 0.4) is 0 Å². The third-order valence-corrected chi connectivity index (χ3v) is 5.59. The second kappa shape index (κ2) is 1.38. The van der Waals surface area contributed by atoms with E-state index in [1.54, 1.807) is 0 Å². The molecule has 0 heterocycles. The van der Waals surface area contributed by atoms with Gasteiger partial charge < -0.3 is 0 Å². The molecule has 3 aliphatic carbocycles. The van der Waals surface area contributed by atoms with Crippen molar-refractivity contribution in [1.29, 1.82) is 0 Å². The number of halogens is 1. The number of allylic oxidation sites excluding steroid dienone is 2. The first kappa shape index (κ1) is 5.82. The molecule has 3 aliphatic rings. The van der Waals surface area contributed by atoms with Gasteiger partial charge in [-0.25, -0.2) is 0 Å². The van der Waals surface area contributed by atoms with Crippen molar-refractivity contribution in [1.82, 2.24) is 0 Å². The van der Waals surface area contributed by atoms with Crippen LogP contribution in [0.25, 0.3) is 0 Å². The highest BCUT2D eigenvalue weighted by Gasteiger charge is 2.76. The van der Waals surface area contributed by atoms with Crippen LogP contribution in [-0.2, 0) is 0 Å². The van der Waals surface area contributed by atoms with Crippen LogP contribution in [-0.4, -0.2) is 4.83 Å². The molecule has 0 nitrogen and oxygen atoms in total. The molecule has 3 atom stereocenters. The van der Waals surface area contributed by atoms with E-state index in [2.05, 4.69) is 28.1 Å². The first-order valence-corrected chi connectivity index (χ1v) is 5.05. The lowest BCUT2D eigenvalue weighted by atomic mass is 10.00. The molecule has 1 heteroatoms. The second-order valence-corrected chi connectivity index (χ2v) is 4.93. The maximum atomic E-state index is 3.80. The van der Waals surface area contributed by atoms with Gasteiger partial charge in [-0.05, 0) is 24.7 Å². The van der Waals surface area contributed by atoms with E-state index in [4.69, 9.17) is 0 Å². The zero-order chi connectivity index (χ0) is 6.82. The van der Waals surface area contributed by atoms with Crippen LogP contribution < -0.4 is 0 Å². The first-order chi connectivity index (χ1) is 4.82. The maximum absolute atomic E-state index is 3.80. The molecule has 10 heavy (non-hydrogen) atoms. The van der Waals surface area contributed by atoms with Crippen molar-refractivity contribution in [2.24, 2.45) is 10.8 Å². The molecule has 3 unspecified atom stereocenters.